The third-order valence-corrected chi connectivity index (χ3v) is 5.33. The van der Waals surface area contributed by atoms with E-state index in [1.54, 1.807) is 24.3 Å². The normalized spacial score (nSPS) is 17.0. The number of hydrogen-bond donors (Lipinski definition) is 3. The van der Waals surface area contributed by atoms with E-state index >= 15 is 0 Å². The first kappa shape index (κ1) is 24.4. The zero-order chi connectivity index (χ0) is 24.0. The van der Waals surface area contributed by atoms with Gasteiger partial charge >= 0.3 is 6.18 Å². The highest BCUT2D eigenvalue weighted by Crippen LogP contribution is 2.27. The minimum Gasteiger partial charge on any atom is -0.396 e. The predicted octanol–water partition coefficient (Wildman–Crippen LogP) is 2.55. The van der Waals surface area contributed by atoms with Gasteiger partial charge in [-0.1, -0.05) is 13.0 Å². The van der Waals surface area contributed by atoms with Crippen LogP contribution in [-0.4, -0.2) is 58.8 Å². The van der Waals surface area contributed by atoms with Crippen molar-refractivity contribution < 1.29 is 27.9 Å². The lowest BCUT2D eigenvalue weighted by Gasteiger charge is -2.23. The van der Waals surface area contributed by atoms with Crippen LogP contribution in [0.5, 0.6) is 0 Å². The molecule has 1 fully saturated rings. The van der Waals surface area contributed by atoms with E-state index < -0.39 is 37.1 Å². The molecule has 3 N–H and O–H groups in total. The number of carbonyl (C=O) groups excluding carboxylic acids is 2. The van der Waals surface area contributed by atoms with Crippen molar-refractivity contribution in [2.75, 3.05) is 29.9 Å². The highest BCUT2D eigenvalue weighted by molar-refractivity contribution is 5.94. The topological polar surface area (TPSA) is 107 Å². The molecular weight excluding hydrogens is 439 g/mol. The van der Waals surface area contributed by atoms with Gasteiger partial charge in [0.1, 0.15) is 17.6 Å². The van der Waals surface area contributed by atoms with Crippen molar-refractivity contribution in [1.29, 1.82) is 0 Å². The molecule has 0 saturated carbocycles. The highest BCUT2D eigenvalue weighted by Gasteiger charge is 2.40. The monoisotopic (exact) mass is 465 g/mol. The van der Waals surface area contributed by atoms with Crippen molar-refractivity contribution in [3.05, 3.63) is 47.9 Å². The van der Waals surface area contributed by atoms with Gasteiger partial charge in [0.05, 0.1) is 17.8 Å². The van der Waals surface area contributed by atoms with Gasteiger partial charge in [-0.05, 0) is 43.0 Å². The van der Waals surface area contributed by atoms with Crippen molar-refractivity contribution in [2.24, 2.45) is 5.92 Å². The summed E-state index contributed by atoms with van der Waals surface area (Å²) in [6.45, 7) is 2.86. The number of aliphatic hydroxyl groups excluding tert-OH is 1. The number of nitrogens with one attached hydrogen (secondary N) is 2. The summed E-state index contributed by atoms with van der Waals surface area (Å²) in [7, 11) is 0. The third-order valence-electron chi connectivity index (χ3n) is 5.33. The third kappa shape index (κ3) is 6.64. The SMILES string of the molecule is CC1CCN(c2ccc(C(=O)NC(CCO)C(F)(F)F)nc2CC(=O)Nc2ccccn2)C1. The number of amides is 2. The van der Waals surface area contributed by atoms with Crippen LogP contribution in [0.2, 0.25) is 0 Å². The van der Waals surface area contributed by atoms with Crippen LogP contribution in [0.4, 0.5) is 24.7 Å². The number of halogens is 3. The van der Waals surface area contributed by atoms with Gasteiger partial charge in [0.2, 0.25) is 5.91 Å². The fourth-order valence-corrected chi connectivity index (χ4v) is 3.65. The van der Waals surface area contributed by atoms with Gasteiger partial charge in [-0.3, -0.25) is 9.59 Å². The Morgan fingerprint density at radius 3 is 2.67 bits per heavy atom. The predicted molar refractivity (Wildman–Crippen MR) is 116 cm³/mol. The van der Waals surface area contributed by atoms with Crippen molar-refractivity contribution in [3.63, 3.8) is 0 Å². The molecule has 178 valence electrons. The first-order valence-corrected chi connectivity index (χ1v) is 10.6. The van der Waals surface area contributed by atoms with Gasteiger partial charge in [0.25, 0.3) is 5.91 Å². The van der Waals surface area contributed by atoms with Crippen LogP contribution < -0.4 is 15.5 Å². The van der Waals surface area contributed by atoms with E-state index in [2.05, 4.69) is 22.2 Å². The largest absolute Gasteiger partial charge is 0.408 e. The van der Waals surface area contributed by atoms with Crippen LogP contribution in [0, 0.1) is 5.92 Å². The summed E-state index contributed by atoms with van der Waals surface area (Å²) in [5.74, 6) is -0.654. The zero-order valence-corrected chi connectivity index (χ0v) is 18.1. The van der Waals surface area contributed by atoms with Gasteiger partial charge in [0, 0.05) is 25.9 Å². The van der Waals surface area contributed by atoms with Gasteiger partial charge in [-0.25, -0.2) is 9.97 Å². The molecule has 0 bridgehead atoms. The second-order valence-corrected chi connectivity index (χ2v) is 8.02. The Morgan fingerprint density at radius 1 is 1.27 bits per heavy atom. The number of carbonyl (C=O) groups is 2. The van der Waals surface area contributed by atoms with Crippen LogP contribution in [0.25, 0.3) is 0 Å². The first-order valence-electron chi connectivity index (χ1n) is 10.6. The Labute approximate surface area is 189 Å². The molecule has 2 aromatic rings. The van der Waals surface area contributed by atoms with Crippen molar-refractivity contribution >= 4 is 23.3 Å². The van der Waals surface area contributed by atoms with E-state index in [1.165, 1.54) is 12.3 Å². The van der Waals surface area contributed by atoms with Crippen LogP contribution in [0.15, 0.2) is 36.5 Å². The molecule has 0 radical (unpaired) electrons. The molecule has 2 amide bonds. The number of rotatable bonds is 8. The smallest absolute Gasteiger partial charge is 0.396 e. The quantitative estimate of drug-likeness (QED) is 0.553. The minimum absolute atomic E-state index is 0.183. The van der Waals surface area contributed by atoms with Gasteiger partial charge < -0.3 is 20.6 Å². The molecule has 0 spiro atoms. The molecule has 3 rings (SSSR count). The number of anilines is 2. The molecule has 3 heterocycles. The van der Waals surface area contributed by atoms with Crippen LogP contribution in [-0.2, 0) is 11.2 Å². The lowest BCUT2D eigenvalue weighted by Crippen LogP contribution is -2.46. The molecular formula is C22H26F3N5O3. The van der Waals surface area contributed by atoms with Crippen molar-refractivity contribution in [2.45, 2.75) is 38.4 Å². The molecule has 2 aromatic heterocycles. The number of aliphatic hydroxyl groups is 1. The molecule has 0 aromatic carbocycles. The lowest BCUT2D eigenvalue weighted by molar-refractivity contribution is -0.156. The van der Waals surface area contributed by atoms with E-state index in [0.29, 0.717) is 17.4 Å². The lowest BCUT2D eigenvalue weighted by atomic mass is 10.1. The van der Waals surface area contributed by atoms with E-state index in [4.69, 9.17) is 5.11 Å². The van der Waals surface area contributed by atoms with Gasteiger partial charge in [-0.15, -0.1) is 0 Å². The Kier molecular flexibility index (Phi) is 7.85. The van der Waals surface area contributed by atoms with E-state index in [0.717, 1.165) is 19.5 Å². The summed E-state index contributed by atoms with van der Waals surface area (Å²) in [6.07, 6.45) is -3.08. The standard InChI is InChI=1S/C22H26F3N5O3/c1-14-7-10-30(13-14)17-6-5-15(21(33)28-18(8-11-31)22(23,24)25)27-16(17)12-20(32)29-19-4-2-3-9-26-19/h2-6,9,14,18,31H,7-8,10-13H2,1H3,(H,28,33)(H,26,29,32). The molecule has 2 atom stereocenters. The van der Waals surface area contributed by atoms with Crippen LogP contribution in [0.1, 0.15) is 35.9 Å². The zero-order valence-electron chi connectivity index (χ0n) is 18.1. The highest BCUT2D eigenvalue weighted by atomic mass is 19.4. The number of aromatic nitrogens is 2. The first-order chi connectivity index (χ1) is 15.7. The average molecular weight is 465 g/mol. The molecule has 2 unspecified atom stereocenters. The summed E-state index contributed by atoms with van der Waals surface area (Å²) in [5.41, 5.74) is 0.713. The second kappa shape index (κ2) is 10.6. The Bertz CT molecular complexity index is 971. The summed E-state index contributed by atoms with van der Waals surface area (Å²) in [5, 5.41) is 13.4. The minimum atomic E-state index is -4.71. The Hall–Kier alpha value is -3.21. The van der Waals surface area contributed by atoms with E-state index in [9.17, 15) is 22.8 Å². The number of hydrogen-bond acceptors (Lipinski definition) is 6. The molecule has 1 saturated heterocycles. The summed E-state index contributed by atoms with van der Waals surface area (Å²) in [4.78, 5) is 35.5. The number of pyridine rings is 2. The summed E-state index contributed by atoms with van der Waals surface area (Å²) in [6, 6.07) is 5.80. The van der Waals surface area contributed by atoms with E-state index in [1.807, 2.05) is 10.2 Å². The fraction of sp³-hybridized carbons (Fsp3) is 0.455. The maximum atomic E-state index is 13.1. The Morgan fingerprint density at radius 2 is 2.06 bits per heavy atom. The summed E-state index contributed by atoms with van der Waals surface area (Å²) < 4.78 is 39.4. The summed E-state index contributed by atoms with van der Waals surface area (Å²) >= 11 is 0. The van der Waals surface area contributed by atoms with Crippen molar-refractivity contribution in [3.8, 4) is 0 Å². The molecule has 0 aliphatic carbocycles. The molecule has 1 aliphatic heterocycles. The number of nitrogens with zero attached hydrogens (tertiary/aromatic N) is 3. The maximum absolute atomic E-state index is 13.1. The van der Waals surface area contributed by atoms with Gasteiger partial charge in [0.15, 0.2) is 0 Å². The second-order valence-electron chi connectivity index (χ2n) is 8.02. The molecule has 8 nitrogen and oxygen atoms in total. The molecule has 33 heavy (non-hydrogen) atoms. The van der Waals surface area contributed by atoms with Crippen LogP contribution >= 0.6 is 0 Å². The maximum Gasteiger partial charge on any atom is 0.408 e. The Balaban J connectivity index is 1.84. The fourth-order valence-electron chi connectivity index (χ4n) is 3.65. The van der Waals surface area contributed by atoms with Crippen LogP contribution in [0.3, 0.4) is 0 Å². The average Bonchev–Trinajstić information content (AvgIpc) is 3.19. The van der Waals surface area contributed by atoms with Gasteiger partial charge in [-0.2, -0.15) is 13.2 Å². The molecule has 11 heteroatoms. The number of alkyl halides is 3. The molecule has 1 aliphatic rings. The van der Waals surface area contributed by atoms with E-state index in [-0.39, 0.29) is 17.8 Å². The van der Waals surface area contributed by atoms with Crippen molar-refractivity contribution in [1.82, 2.24) is 15.3 Å².